The Morgan fingerprint density at radius 3 is 2.25 bits per heavy atom. The van der Waals surface area contributed by atoms with Gasteiger partial charge in [0.25, 0.3) is 10.0 Å². The Morgan fingerprint density at radius 1 is 1.03 bits per heavy atom. The molecule has 12 heteroatoms. The van der Waals surface area contributed by atoms with Gasteiger partial charge in [0.1, 0.15) is 11.6 Å². The zero-order chi connectivity index (χ0) is 26.7. The van der Waals surface area contributed by atoms with Gasteiger partial charge in [-0.05, 0) is 56.2 Å². The summed E-state index contributed by atoms with van der Waals surface area (Å²) in [6.45, 7) is 5.58. The number of benzene rings is 1. The van der Waals surface area contributed by atoms with Crippen molar-refractivity contribution in [3.8, 4) is 11.3 Å². The summed E-state index contributed by atoms with van der Waals surface area (Å²) in [5, 5.41) is 8.55. The van der Waals surface area contributed by atoms with Crippen LogP contribution in [0.15, 0.2) is 53.6 Å². The SMILES string of the molecule is CCN(CCC(=O)O)c1cccc(S(=O)(=O)Nc2ccc(C(F)(F)F)c(-c3c(C)cccc3C)n2)n1. The fourth-order valence-corrected chi connectivity index (χ4v) is 4.67. The van der Waals surface area contributed by atoms with E-state index in [1.807, 2.05) is 0 Å². The molecule has 0 saturated heterocycles. The zero-order valence-electron chi connectivity index (χ0n) is 19.8. The first kappa shape index (κ1) is 26.9. The number of carboxylic acids is 1. The van der Waals surface area contributed by atoms with Gasteiger partial charge in [-0.15, -0.1) is 0 Å². The maximum absolute atomic E-state index is 13.8. The van der Waals surface area contributed by atoms with Crippen LogP contribution in [0, 0.1) is 13.8 Å². The van der Waals surface area contributed by atoms with Gasteiger partial charge >= 0.3 is 12.1 Å². The Morgan fingerprint density at radius 2 is 1.67 bits per heavy atom. The van der Waals surface area contributed by atoms with Gasteiger partial charge in [-0.2, -0.15) is 21.6 Å². The number of nitrogens with one attached hydrogen (secondary N) is 1. The number of carboxylic acid groups (broad SMARTS) is 1. The van der Waals surface area contributed by atoms with Crippen molar-refractivity contribution in [1.29, 1.82) is 0 Å². The normalized spacial score (nSPS) is 11.8. The number of hydrogen-bond donors (Lipinski definition) is 2. The van der Waals surface area contributed by atoms with Crippen molar-refractivity contribution in [2.75, 3.05) is 22.7 Å². The molecule has 0 radical (unpaired) electrons. The number of nitrogens with zero attached hydrogens (tertiary/aromatic N) is 3. The summed E-state index contributed by atoms with van der Waals surface area (Å²) < 4.78 is 69.6. The average molecular weight is 523 g/mol. The molecule has 0 saturated carbocycles. The monoisotopic (exact) mass is 522 g/mol. The Balaban J connectivity index is 2.01. The number of aliphatic carboxylic acids is 1. The van der Waals surface area contributed by atoms with Crippen LogP contribution in [0.4, 0.5) is 24.8 Å². The molecule has 0 unspecified atom stereocenters. The zero-order valence-corrected chi connectivity index (χ0v) is 20.6. The first-order valence-electron chi connectivity index (χ1n) is 10.9. The summed E-state index contributed by atoms with van der Waals surface area (Å²) in [7, 11) is -4.32. The Bertz CT molecular complexity index is 1360. The minimum Gasteiger partial charge on any atom is -0.481 e. The maximum atomic E-state index is 13.8. The Hall–Kier alpha value is -3.67. The number of aryl methyl sites for hydroxylation is 2. The summed E-state index contributed by atoms with van der Waals surface area (Å²) in [6.07, 6.45) is -4.87. The third-order valence-electron chi connectivity index (χ3n) is 5.44. The molecule has 0 amide bonds. The van der Waals surface area contributed by atoms with Gasteiger partial charge < -0.3 is 10.0 Å². The van der Waals surface area contributed by atoms with E-state index in [9.17, 15) is 26.4 Å². The Kier molecular flexibility index (Phi) is 7.87. The molecule has 3 aromatic rings. The average Bonchev–Trinajstić information content (AvgIpc) is 2.78. The summed E-state index contributed by atoms with van der Waals surface area (Å²) >= 11 is 0. The summed E-state index contributed by atoms with van der Waals surface area (Å²) in [5.74, 6) is -1.06. The van der Waals surface area contributed by atoms with Crippen LogP contribution in [-0.2, 0) is 21.0 Å². The van der Waals surface area contributed by atoms with Crippen LogP contribution in [-0.4, -0.2) is 42.6 Å². The highest BCUT2D eigenvalue weighted by molar-refractivity contribution is 7.92. The standard InChI is InChI=1S/C24H25F3N4O4S/c1-4-31(14-13-21(32)33)19-9-6-10-20(29-19)36(34,35)30-18-12-11-17(24(25,26)27)23(28-18)22-15(2)7-5-8-16(22)3/h5-12H,4,13-14H2,1-3H3,(H,28,30)(H,32,33). The molecule has 0 atom stereocenters. The second-order valence-electron chi connectivity index (χ2n) is 8.02. The van der Waals surface area contributed by atoms with Gasteiger partial charge in [0, 0.05) is 18.7 Å². The predicted molar refractivity (Wildman–Crippen MR) is 129 cm³/mol. The lowest BCUT2D eigenvalue weighted by atomic mass is 9.96. The maximum Gasteiger partial charge on any atom is 0.418 e. The molecule has 0 aliphatic carbocycles. The number of halogens is 3. The molecule has 2 aromatic heterocycles. The van der Waals surface area contributed by atoms with Crippen molar-refractivity contribution in [3.63, 3.8) is 0 Å². The van der Waals surface area contributed by atoms with Crippen LogP contribution in [0.25, 0.3) is 11.3 Å². The van der Waals surface area contributed by atoms with Gasteiger partial charge in [-0.3, -0.25) is 9.52 Å². The van der Waals surface area contributed by atoms with E-state index < -0.39 is 27.7 Å². The molecular weight excluding hydrogens is 497 g/mol. The number of hydrogen-bond acceptors (Lipinski definition) is 6. The summed E-state index contributed by atoms with van der Waals surface area (Å²) in [5.41, 5.74) is 0.0145. The highest BCUT2D eigenvalue weighted by Crippen LogP contribution is 2.39. The number of aromatic nitrogens is 2. The summed E-state index contributed by atoms with van der Waals surface area (Å²) in [4.78, 5) is 20.7. The number of anilines is 2. The van der Waals surface area contributed by atoms with Gasteiger partial charge in [0.2, 0.25) is 0 Å². The lowest BCUT2D eigenvalue weighted by Gasteiger charge is -2.21. The molecule has 0 spiro atoms. The van der Waals surface area contributed by atoms with Crippen molar-refractivity contribution >= 4 is 27.6 Å². The molecule has 3 rings (SSSR count). The van der Waals surface area contributed by atoms with Crippen LogP contribution >= 0.6 is 0 Å². The third kappa shape index (κ3) is 6.11. The molecule has 0 aliphatic heterocycles. The number of rotatable bonds is 9. The van der Waals surface area contributed by atoms with Crippen molar-refractivity contribution in [2.45, 2.75) is 38.4 Å². The number of pyridine rings is 2. The highest BCUT2D eigenvalue weighted by Gasteiger charge is 2.35. The van der Waals surface area contributed by atoms with Crippen LogP contribution in [0.5, 0.6) is 0 Å². The molecule has 0 bridgehead atoms. The van der Waals surface area contributed by atoms with E-state index in [1.165, 1.54) is 12.1 Å². The second-order valence-corrected chi connectivity index (χ2v) is 9.65. The van der Waals surface area contributed by atoms with Crippen molar-refractivity contribution in [1.82, 2.24) is 9.97 Å². The van der Waals surface area contributed by atoms with Crippen molar-refractivity contribution < 1.29 is 31.5 Å². The topological polar surface area (TPSA) is 112 Å². The van der Waals surface area contributed by atoms with Crippen molar-refractivity contribution in [2.24, 2.45) is 0 Å². The van der Waals surface area contributed by atoms with Crippen LogP contribution in [0.1, 0.15) is 30.0 Å². The van der Waals surface area contributed by atoms with E-state index in [0.717, 1.165) is 12.1 Å². The molecule has 2 N–H and O–H groups in total. The van der Waals surface area contributed by atoms with Gasteiger partial charge in [-0.25, -0.2) is 9.97 Å². The first-order valence-corrected chi connectivity index (χ1v) is 12.4. The predicted octanol–water partition coefficient (Wildman–Crippen LogP) is 4.88. The molecular formula is C24H25F3N4O4S. The third-order valence-corrected chi connectivity index (χ3v) is 6.70. The van der Waals surface area contributed by atoms with E-state index >= 15 is 0 Å². The lowest BCUT2D eigenvalue weighted by molar-refractivity contribution is -0.138. The van der Waals surface area contributed by atoms with Crippen LogP contribution in [0.2, 0.25) is 0 Å². The smallest absolute Gasteiger partial charge is 0.418 e. The molecule has 1 aromatic carbocycles. The quantitative estimate of drug-likeness (QED) is 0.412. The highest BCUT2D eigenvalue weighted by atomic mass is 32.2. The molecule has 0 fully saturated rings. The van der Waals surface area contributed by atoms with Gasteiger partial charge in [0.05, 0.1) is 17.7 Å². The van der Waals surface area contributed by atoms with E-state index in [4.69, 9.17) is 5.11 Å². The fraction of sp³-hybridized carbons (Fsp3) is 0.292. The van der Waals surface area contributed by atoms with Crippen molar-refractivity contribution in [3.05, 3.63) is 65.2 Å². The van der Waals surface area contributed by atoms with E-state index in [-0.39, 0.29) is 40.9 Å². The largest absolute Gasteiger partial charge is 0.481 e. The van der Waals surface area contributed by atoms with Gasteiger partial charge in [-0.1, -0.05) is 24.3 Å². The Labute approximate surface area is 206 Å². The molecule has 192 valence electrons. The summed E-state index contributed by atoms with van der Waals surface area (Å²) in [6, 6.07) is 11.0. The van der Waals surface area contributed by atoms with E-state index in [1.54, 1.807) is 49.9 Å². The van der Waals surface area contributed by atoms with Crippen LogP contribution in [0.3, 0.4) is 0 Å². The van der Waals surface area contributed by atoms with Crippen LogP contribution < -0.4 is 9.62 Å². The minimum atomic E-state index is -4.70. The molecule has 0 aliphatic rings. The van der Waals surface area contributed by atoms with E-state index in [2.05, 4.69) is 14.7 Å². The molecule has 2 heterocycles. The second kappa shape index (κ2) is 10.5. The number of alkyl halides is 3. The van der Waals surface area contributed by atoms with E-state index in [0.29, 0.717) is 17.7 Å². The lowest BCUT2D eigenvalue weighted by Crippen LogP contribution is -2.27. The fourth-order valence-electron chi connectivity index (χ4n) is 3.71. The number of sulfonamides is 1. The molecule has 36 heavy (non-hydrogen) atoms. The first-order chi connectivity index (χ1) is 16.8. The minimum absolute atomic E-state index is 0.120. The van der Waals surface area contributed by atoms with Gasteiger partial charge in [0.15, 0.2) is 5.03 Å². The number of carbonyl (C=O) groups is 1. The molecule has 8 nitrogen and oxygen atoms in total.